The van der Waals surface area contributed by atoms with Gasteiger partial charge in [0.1, 0.15) is 11.5 Å². The molecule has 1 aliphatic rings. The molecule has 0 bridgehead atoms. The van der Waals surface area contributed by atoms with E-state index in [1.165, 1.54) is 16.1 Å². The van der Waals surface area contributed by atoms with Crippen molar-refractivity contribution in [3.63, 3.8) is 0 Å². The van der Waals surface area contributed by atoms with E-state index in [1.807, 2.05) is 56.8 Å². The van der Waals surface area contributed by atoms with Gasteiger partial charge in [-0.25, -0.2) is 0 Å². The SMILES string of the molecule is CCOc1ccc(SNC(Cc2cccc(C(N)=C(C)C)c2)C2Sc3cc(OC)ccc3N2C)cc1NC=O. The Kier molecular flexibility index (Phi) is 9.72. The second-order valence-electron chi connectivity index (χ2n) is 9.45. The quantitative estimate of drug-likeness (QED) is 0.178. The van der Waals surface area contributed by atoms with E-state index < -0.39 is 0 Å². The second kappa shape index (κ2) is 13.2. The minimum atomic E-state index is 0.0700. The number of likely N-dealkylation sites (N-methyl/N-ethyl adjacent to an activating group) is 1. The lowest BCUT2D eigenvalue weighted by Crippen LogP contribution is -2.44. The van der Waals surface area contributed by atoms with Crippen LogP contribution in [0.2, 0.25) is 0 Å². The molecule has 3 aromatic carbocycles. The fraction of sp³-hybridized carbons (Fsp3) is 0.300. The lowest BCUT2D eigenvalue weighted by molar-refractivity contribution is -0.105. The number of ether oxygens (including phenoxy) is 2. The Labute approximate surface area is 239 Å². The summed E-state index contributed by atoms with van der Waals surface area (Å²) in [6.45, 7) is 6.50. The summed E-state index contributed by atoms with van der Waals surface area (Å²) in [5.41, 5.74) is 12.3. The zero-order valence-corrected chi connectivity index (χ0v) is 24.6. The Morgan fingerprint density at radius 2 is 2.00 bits per heavy atom. The highest BCUT2D eigenvalue weighted by atomic mass is 32.2. The predicted octanol–water partition coefficient (Wildman–Crippen LogP) is 6.15. The van der Waals surface area contributed by atoms with E-state index in [-0.39, 0.29) is 11.4 Å². The van der Waals surface area contributed by atoms with Crippen LogP contribution >= 0.6 is 23.7 Å². The van der Waals surface area contributed by atoms with E-state index in [4.69, 9.17) is 15.2 Å². The summed E-state index contributed by atoms with van der Waals surface area (Å²) in [6.07, 6.45) is 1.46. The first-order valence-electron chi connectivity index (χ1n) is 12.8. The third-order valence-electron chi connectivity index (χ3n) is 6.55. The molecule has 1 amide bonds. The number of methoxy groups -OCH3 is 1. The lowest BCUT2D eigenvalue weighted by Gasteiger charge is -2.30. The molecule has 7 nitrogen and oxygen atoms in total. The van der Waals surface area contributed by atoms with Gasteiger partial charge in [0, 0.05) is 22.5 Å². The standard InChI is InChI=1S/C30H36N4O3S2/c1-6-37-27-13-11-23(17-24(27)32-18-35)39-33-25(15-20-8-7-9-21(14-20)29(31)19(2)3)30-34(4)26-12-10-22(36-5)16-28(26)38-30/h7-14,16-18,25,30,33H,6,15,31H2,1-5H3,(H,32,35). The zero-order chi connectivity index (χ0) is 27.9. The van der Waals surface area contributed by atoms with Crippen molar-refractivity contribution >= 4 is 47.2 Å². The van der Waals surface area contributed by atoms with Gasteiger partial charge in [-0.1, -0.05) is 35.5 Å². The zero-order valence-electron chi connectivity index (χ0n) is 23.0. The molecular formula is C30H36N4O3S2. The number of anilines is 2. The Hall–Kier alpha value is -3.27. The van der Waals surface area contributed by atoms with Crippen molar-refractivity contribution < 1.29 is 14.3 Å². The van der Waals surface area contributed by atoms with Crippen LogP contribution in [0.25, 0.3) is 5.70 Å². The summed E-state index contributed by atoms with van der Waals surface area (Å²) in [5, 5.41) is 2.89. The average molecular weight is 565 g/mol. The van der Waals surface area contributed by atoms with E-state index >= 15 is 0 Å². The van der Waals surface area contributed by atoms with Crippen LogP contribution in [0.4, 0.5) is 11.4 Å². The van der Waals surface area contributed by atoms with Crippen LogP contribution in [0.1, 0.15) is 31.9 Å². The third-order valence-corrected chi connectivity index (χ3v) is 8.92. The van der Waals surface area contributed by atoms with Gasteiger partial charge < -0.3 is 25.4 Å². The summed E-state index contributed by atoms with van der Waals surface area (Å²) in [7, 11) is 3.83. The molecule has 0 spiro atoms. The van der Waals surface area contributed by atoms with E-state index in [2.05, 4.69) is 58.4 Å². The molecule has 0 radical (unpaired) electrons. The van der Waals surface area contributed by atoms with Crippen LogP contribution < -0.4 is 30.1 Å². The molecule has 4 N–H and O–H groups in total. The first kappa shape index (κ1) is 28.7. The van der Waals surface area contributed by atoms with Crippen LogP contribution in [-0.4, -0.2) is 38.6 Å². The molecular weight excluding hydrogens is 528 g/mol. The minimum absolute atomic E-state index is 0.0700. The number of fused-ring (bicyclic) bond motifs is 1. The van der Waals surface area contributed by atoms with E-state index in [0.717, 1.165) is 33.9 Å². The van der Waals surface area contributed by atoms with Crippen molar-refractivity contribution in [2.75, 3.05) is 31.0 Å². The summed E-state index contributed by atoms with van der Waals surface area (Å²) < 4.78 is 14.9. The lowest BCUT2D eigenvalue weighted by atomic mass is 10.0. The molecule has 0 aliphatic carbocycles. The summed E-state index contributed by atoms with van der Waals surface area (Å²) in [5.74, 6) is 1.50. The molecule has 2 unspecified atom stereocenters. The maximum atomic E-state index is 11.2. The van der Waals surface area contributed by atoms with Gasteiger partial charge in [-0.15, -0.1) is 0 Å². The number of carbonyl (C=O) groups is 1. The summed E-state index contributed by atoms with van der Waals surface area (Å²) >= 11 is 3.37. The molecule has 9 heteroatoms. The van der Waals surface area contributed by atoms with Crippen LogP contribution in [0.15, 0.2) is 76.0 Å². The second-order valence-corrected chi connectivity index (χ2v) is 11.5. The van der Waals surface area contributed by atoms with Crippen molar-refractivity contribution in [1.82, 2.24) is 4.72 Å². The van der Waals surface area contributed by atoms with Gasteiger partial charge in [-0.05, 0) is 92.7 Å². The van der Waals surface area contributed by atoms with Gasteiger partial charge in [0.2, 0.25) is 6.41 Å². The summed E-state index contributed by atoms with van der Waals surface area (Å²) in [4.78, 5) is 15.7. The normalized spacial score (nSPS) is 14.9. The Bertz CT molecular complexity index is 1340. The summed E-state index contributed by atoms with van der Waals surface area (Å²) in [6, 6.07) is 20.6. The van der Waals surface area contributed by atoms with Gasteiger partial charge in [-0.3, -0.25) is 9.52 Å². The van der Waals surface area contributed by atoms with E-state index in [0.29, 0.717) is 24.5 Å². The number of nitrogens with zero attached hydrogens (tertiary/aromatic N) is 1. The number of nitrogens with two attached hydrogens (primary N) is 1. The van der Waals surface area contributed by atoms with E-state index in [1.54, 1.807) is 19.1 Å². The van der Waals surface area contributed by atoms with Gasteiger partial charge in [0.25, 0.3) is 0 Å². The molecule has 39 heavy (non-hydrogen) atoms. The Balaban J connectivity index is 1.61. The Morgan fingerprint density at radius 1 is 1.18 bits per heavy atom. The first-order chi connectivity index (χ1) is 18.8. The molecule has 206 valence electrons. The average Bonchev–Trinajstić information content (AvgIpc) is 3.27. The molecule has 0 saturated carbocycles. The number of thioether (sulfide) groups is 1. The molecule has 1 aliphatic heterocycles. The van der Waals surface area contributed by atoms with Gasteiger partial charge >= 0.3 is 0 Å². The van der Waals surface area contributed by atoms with Crippen molar-refractivity contribution in [2.24, 2.45) is 5.73 Å². The van der Waals surface area contributed by atoms with Gasteiger partial charge in [-0.2, -0.15) is 0 Å². The topological polar surface area (TPSA) is 88.8 Å². The highest BCUT2D eigenvalue weighted by Gasteiger charge is 2.34. The smallest absolute Gasteiger partial charge is 0.211 e. The Morgan fingerprint density at radius 3 is 2.72 bits per heavy atom. The van der Waals surface area contributed by atoms with Crippen molar-refractivity contribution in [1.29, 1.82) is 0 Å². The molecule has 0 aromatic heterocycles. The largest absolute Gasteiger partial charge is 0.497 e. The fourth-order valence-electron chi connectivity index (χ4n) is 4.49. The first-order valence-corrected chi connectivity index (χ1v) is 14.5. The van der Waals surface area contributed by atoms with Gasteiger partial charge in [0.05, 0.1) is 36.5 Å². The molecule has 0 fully saturated rings. The van der Waals surface area contributed by atoms with Crippen molar-refractivity contribution in [3.8, 4) is 11.5 Å². The number of allylic oxidation sites excluding steroid dienone is 1. The van der Waals surface area contributed by atoms with E-state index in [9.17, 15) is 4.79 Å². The number of amides is 1. The molecule has 1 heterocycles. The number of hydrogen-bond donors (Lipinski definition) is 3. The third kappa shape index (κ3) is 6.84. The van der Waals surface area contributed by atoms with Crippen molar-refractivity contribution in [2.45, 2.75) is 48.4 Å². The number of hydrogen-bond acceptors (Lipinski definition) is 8. The monoisotopic (exact) mass is 564 g/mol. The fourth-order valence-corrected chi connectivity index (χ4v) is 6.76. The predicted molar refractivity (Wildman–Crippen MR) is 164 cm³/mol. The molecule has 4 rings (SSSR count). The molecule has 2 atom stereocenters. The number of carbonyl (C=O) groups excluding carboxylic acids is 1. The van der Waals surface area contributed by atoms with Crippen LogP contribution in [0.3, 0.4) is 0 Å². The maximum absolute atomic E-state index is 11.2. The van der Waals surface area contributed by atoms with Gasteiger partial charge in [0.15, 0.2) is 0 Å². The minimum Gasteiger partial charge on any atom is -0.497 e. The highest BCUT2D eigenvalue weighted by Crippen LogP contribution is 2.46. The molecule has 0 saturated heterocycles. The van der Waals surface area contributed by atoms with Crippen molar-refractivity contribution in [3.05, 3.63) is 77.4 Å². The number of nitrogens with one attached hydrogen (secondary N) is 2. The number of benzene rings is 3. The number of rotatable bonds is 12. The van der Waals surface area contributed by atoms with Crippen LogP contribution in [-0.2, 0) is 11.2 Å². The molecule has 3 aromatic rings. The maximum Gasteiger partial charge on any atom is 0.211 e. The van der Waals surface area contributed by atoms with Crippen LogP contribution in [0, 0.1) is 0 Å². The van der Waals surface area contributed by atoms with Crippen LogP contribution in [0.5, 0.6) is 11.5 Å². The highest BCUT2D eigenvalue weighted by molar-refractivity contribution is 8.00.